The summed E-state index contributed by atoms with van der Waals surface area (Å²) in [6.45, 7) is 1.27. The Morgan fingerprint density at radius 1 is 1.19 bits per heavy atom. The quantitative estimate of drug-likeness (QED) is 0.908. The monoisotopic (exact) mass is 358 g/mol. The first-order chi connectivity index (χ1) is 13.3. The van der Waals surface area contributed by atoms with E-state index >= 15 is 0 Å². The van der Waals surface area contributed by atoms with Crippen LogP contribution in [0, 0.1) is 11.3 Å². The van der Waals surface area contributed by atoms with Gasteiger partial charge in [0.05, 0.1) is 24.6 Å². The van der Waals surface area contributed by atoms with Crippen LogP contribution < -0.4 is 15.5 Å². The van der Waals surface area contributed by atoms with Crippen LogP contribution in [-0.2, 0) is 11.3 Å². The molecule has 27 heavy (non-hydrogen) atoms. The van der Waals surface area contributed by atoms with E-state index in [0.29, 0.717) is 42.7 Å². The largest absolute Gasteiger partial charge is 0.489 e. The number of hydrazone groups is 1. The van der Waals surface area contributed by atoms with Crippen molar-refractivity contribution in [3.63, 3.8) is 0 Å². The van der Waals surface area contributed by atoms with Crippen LogP contribution in [0.3, 0.4) is 0 Å². The van der Waals surface area contributed by atoms with Gasteiger partial charge < -0.3 is 15.2 Å². The van der Waals surface area contributed by atoms with Crippen LogP contribution >= 0.6 is 0 Å². The SMILES string of the molecule is N#CC1=C(N)N(c2cccc(OCc3ccccc3)c2)N=C2COCC=C21. The summed E-state index contributed by atoms with van der Waals surface area (Å²) in [4.78, 5) is 0. The highest BCUT2D eigenvalue weighted by molar-refractivity contribution is 6.08. The second kappa shape index (κ2) is 7.36. The van der Waals surface area contributed by atoms with E-state index in [-0.39, 0.29) is 0 Å². The highest BCUT2D eigenvalue weighted by atomic mass is 16.5. The molecular weight excluding hydrogens is 340 g/mol. The van der Waals surface area contributed by atoms with Crippen molar-refractivity contribution in [1.82, 2.24) is 0 Å². The third-order valence-electron chi connectivity index (χ3n) is 4.35. The Balaban J connectivity index is 1.61. The number of fused-ring (bicyclic) bond motifs is 1. The van der Waals surface area contributed by atoms with Crippen LogP contribution in [0.5, 0.6) is 5.75 Å². The summed E-state index contributed by atoms with van der Waals surface area (Å²) in [6.07, 6.45) is 1.84. The van der Waals surface area contributed by atoms with Crippen molar-refractivity contribution in [1.29, 1.82) is 5.26 Å². The number of anilines is 1. The molecule has 4 rings (SSSR count). The van der Waals surface area contributed by atoms with E-state index < -0.39 is 0 Å². The summed E-state index contributed by atoms with van der Waals surface area (Å²) in [5.74, 6) is 0.999. The van der Waals surface area contributed by atoms with Gasteiger partial charge in [0.15, 0.2) is 0 Å². The van der Waals surface area contributed by atoms with Crippen molar-refractivity contribution in [2.75, 3.05) is 18.2 Å². The van der Waals surface area contributed by atoms with Crippen molar-refractivity contribution >= 4 is 11.4 Å². The van der Waals surface area contributed by atoms with Gasteiger partial charge in [-0.1, -0.05) is 36.4 Å². The normalized spacial score (nSPS) is 16.2. The molecule has 6 heteroatoms. The molecule has 0 bridgehead atoms. The molecule has 0 aliphatic carbocycles. The molecule has 0 amide bonds. The number of nitrogens with zero attached hydrogens (tertiary/aromatic N) is 3. The summed E-state index contributed by atoms with van der Waals surface area (Å²) in [7, 11) is 0. The molecule has 134 valence electrons. The Morgan fingerprint density at radius 3 is 2.85 bits per heavy atom. The van der Waals surface area contributed by atoms with Gasteiger partial charge in [-0.05, 0) is 23.8 Å². The summed E-state index contributed by atoms with van der Waals surface area (Å²) < 4.78 is 11.3. The molecule has 6 nitrogen and oxygen atoms in total. The molecule has 2 heterocycles. The number of hydrogen-bond donors (Lipinski definition) is 1. The number of nitrogens with two attached hydrogens (primary N) is 1. The lowest BCUT2D eigenvalue weighted by Gasteiger charge is -2.29. The minimum Gasteiger partial charge on any atom is -0.489 e. The van der Waals surface area contributed by atoms with E-state index in [9.17, 15) is 5.26 Å². The predicted octanol–water partition coefficient (Wildman–Crippen LogP) is 3.09. The molecule has 2 aliphatic heterocycles. The molecule has 0 unspecified atom stereocenters. The van der Waals surface area contributed by atoms with Gasteiger partial charge >= 0.3 is 0 Å². The Bertz CT molecular complexity index is 987. The van der Waals surface area contributed by atoms with Gasteiger partial charge in [0.1, 0.15) is 29.8 Å². The lowest BCUT2D eigenvalue weighted by atomic mass is 9.99. The molecule has 2 N–H and O–H groups in total. The molecular formula is C21H18N4O2. The van der Waals surface area contributed by atoms with Gasteiger partial charge in [0.2, 0.25) is 0 Å². The number of ether oxygens (including phenoxy) is 2. The number of benzene rings is 2. The van der Waals surface area contributed by atoms with Crippen LogP contribution in [0.2, 0.25) is 0 Å². The number of rotatable bonds is 4. The van der Waals surface area contributed by atoms with E-state index in [0.717, 1.165) is 16.8 Å². The fraction of sp³-hybridized carbons (Fsp3) is 0.143. The average molecular weight is 358 g/mol. The first kappa shape index (κ1) is 16.9. The van der Waals surface area contributed by atoms with Crippen molar-refractivity contribution in [2.45, 2.75) is 6.61 Å². The number of hydrogen-bond acceptors (Lipinski definition) is 6. The molecule has 0 atom stereocenters. The fourth-order valence-electron chi connectivity index (χ4n) is 3.00. The lowest BCUT2D eigenvalue weighted by molar-refractivity contribution is 0.199. The van der Waals surface area contributed by atoms with Crippen LogP contribution in [0.4, 0.5) is 5.69 Å². The molecule has 2 aromatic carbocycles. The van der Waals surface area contributed by atoms with Gasteiger partial charge in [-0.15, -0.1) is 0 Å². The van der Waals surface area contributed by atoms with Crippen LogP contribution in [0.1, 0.15) is 5.56 Å². The van der Waals surface area contributed by atoms with Crippen LogP contribution in [0.15, 0.2) is 82.7 Å². The second-order valence-corrected chi connectivity index (χ2v) is 6.14. The van der Waals surface area contributed by atoms with Crippen molar-refractivity contribution in [3.05, 3.63) is 83.2 Å². The maximum Gasteiger partial charge on any atom is 0.144 e. The smallest absolute Gasteiger partial charge is 0.144 e. The number of nitriles is 1. The summed E-state index contributed by atoms with van der Waals surface area (Å²) >= 11 is 0. The molecule has 0 fully saturated rings. The highest BCUT2D eigenvalue weighted by Crippen LogP contribution is 2.31. The van der Waals surface area contributed by atoms with E-state index in [4.69, 9.17) is 15.2 Å². The molecule has 0 aromatic heterocycles. The third-order valence-corrected chi connectivity index (χ3v) is 4.35. The summed E-state index contributed by atoms with van der Waals surface area (Å²) in [5.41, 5.74) is 9.92. The lowest BCUT2D eigenvalue weighted by Crippen LogP contribution is -2.34. The van der Waals surface area contributed by atoms with Gasteiger partial charge in [0.25, 0.3) is 0 Å². The maximum atomic E-state index is 9.55. The predicted molar refractivity (Wildman–Crippen MR) is 103 cm³/mol. The average Bonchev–Trinajstić information content (AvgIpc) is 2.73. The van der Waals surface area contributed by atoms with Gasteiger partial charge in [-0.2, -0.15) is 10.4 Å². The Kier molecular flexibility index (Phi) is 4.60. The molecule has 2 aromatic rings. The zero-order valence-corrected chi connectivity index (χ0v) is 14.6. The minimum absolute atomic E-state index is 0.301. The molecule has 0 radical (unpaired) electrons. The van der Waals surface area contributed by atoms with E-state index in [1.165, 1.54) is 0 Å². The van der Waals surface area contributed by atoms with Crippen molar-refractivity contribution in [3.8, 4) is 11.8 Å². The molecule has 0 saturated carbocycles. The topological polar surface area (TPSA) is 83.9 Å². The van der Waals surface area contributed by atoms with Crippen LogP contribution in [0.25, 0.3) is 0 Å². The second-order valence-electron chi connectivity index (χ2n) is 6.14. The van der Waals surface area contributed by atoms with E-state index in [1.54, 1.807) is 5.01 Å². The fourth-order valence-corrected chi connectivity index (χ4v) is 3.00. The highest BCUT2D eigenvalue weighted by Gasteiger charge is 2.28. The first-order valence-corrected chi connectivity index (χ1v) is 8.59. The standard InChI is InChI=1S/C21H18N4O2/c22-12-19-18-9-10-26-14-20(18)24-25(21(19)23)16-7-4-8-17(11-16)27-13-15-5-2-1-3-6-15/h1-9,11H,10,13-14,23H2. The molecule has 0 spiro atoms. The van der Waals surface area contributed by atoms with Crippen molar-refractivity contribution in [2.24, 2.45) is 10.8 Å². The first-order valence-electron chi connectivity index (χ1n) is 8.59. The Morgan fingerprint density at radius 2 is 2.04 bits per heavy atom. The summed E-state index contributed by atoms with van der Waals surface area (Å²) in [6, 6.07) is 19.6. The minimum atomic E-state index is 0.301. The van der Waals surface area contributed by atoms with E-state index in [1.807, 2.05) is 60.7 Å². The van der Waals surface area contributed by atoms with Gasteiger partial charge in [-0.3, -0.25) is 0 Å². The third kappa shape index (κ3) is 3.41. The molecule has 2 aliphatic rings. The zero-order valence-electron chi connectivity index (χ0n) is 14.6. The zero-order chi connectivity index (χ0) is 18.6. The van der Waals surface area contributed by atoms with Gasteiger partial charge in [-0.25, -0.2) is 5.01 Å². The number of allylic oxidation sites excluding steroid dienone is 1. The van der Waals surface area contributed by atoms with Crippen molar-refractivity contribution < 1.29 is 9.47 Å². The molecule has 0 saturated heterocycles. The Labute approximate surface area is 157 Å². The van der Waals surface area contributed by atoms with Gasteiger partial charge in [0, 0.05) is 11.6 Å². The van der Waals surface area contributed by atoms with Crippen LogP contribution in [-0.4, -0.2) is 18.9 Å². The summed E-state index contributed by atoms with van der Waals surface area (Å²) in [5, 5.41) is 15.7. The van der Waals surface area contributed by atoms with E-state index in [2.05, 4.69) is 11.2 Å². The Hall–Kier alpha value is -3.56. The maximum absolute atomic E-state index is 9.55.